The lowest BCUT2D eigenvalue weighted by Crippen LogP contribution is -2.38. The average molecular weight is 263 g/mol. The van der Waals surface area contributed by atoms with Crippen LogP contribution < -0.4 is 5.32 Å². The van der Waals surface area contributed by atoms with Crippen LogP contribution in [0.3, 0.4) is 0 Å². The highest BCUT2D eigenvalue weighted by Gasteiger charge is 2.27. The molecule has 2 aliphatic rings. The molecular formula is C14H25N5. The summed E-state index contributed by atoms with van der Waals surface area (Å²) in [6.07, 6.45) is 5.46. The molecule has 0 amide bonds. The summed E-state index contributed by atoms with van der Waals surface area (Å²) in [6, 6.07) is 0.674. The minimum Gasteiger partial charge on any atom is -0.317 e. The largest absolute Gasteiger partial charge is 0.317 e. The SMILES string of the molecule is Cc1nnc(CN(CC2CC2)CC2CCCN2)n1C. The van der Waals surface area contributed by atoms with Gasteiger partial charge < -0.3 is 9.88 Å². The molecule has 0 spiro atoms. The van der Waals surface area contributed by atoms with Gasteiger partial charge in [-0.15, -0.1) is 10.2 Å². The molecule has 2 fully saturated rings. The van der Waals surface area contributed by atoms with Crippen molar-refractivity contribution in [3.63, 3.8) is 0 Å². The molecule has 1 saturated heterocycles. The molecule has 1 aliphatic heterocycles. The standard InChI is InChI=1S/C14H25N5/c1-11-16-17-14(18(11)2)10-19(8-12-5-6-12)9-13-4-3-7-15-13/h12-13,15H,3-10H2,1-2H3. The van der Waals surface area contributed by atoms with E-state index in [1.54, 1.807) is 0 Å². The van der Waals surface area contributed by atoms with Crippen molar-refractivity contribution in [1.29, 1.82) is 0 Å². The number of aromatic nitrogens is 3. The van der Waals surface area contributed by atoms with Gasteiger partial charge in [-0.25, -0.2) is 0 Å². The molecule has 0 bridgehead atoms. The molecule has 0 radical (unpaired) electrons. The molecule has 1 atom stereocenters. The second-order valence-electron chi connectivity index (χ2n) is 6.15. The van der Waals surface area contributed by atoms with E-state index in [1.165, 1.54) is 38.8 Å². The molecule has 5 nitrogen and oxygen atoms in total. The van der Waals surface area contributed by atoms with Crippen molar-refractivity contribution in [2.45, 2.75) is 45.2 Å². The molecule has 0 aromatic carbocycles. The van der Waals surface area contributed by atoms with E-state index in [4.69, 9.17) is 0 Å². The summed E-state index contributed by atoms with van der Waals surface area (Å²) in [6.45, 7) is 6.52. The first kappa shape index (κ1) is 13.1. The summed E-state index contributed by atoms with van der Waals surface area (Å²) in [5.41, 5.74) is 0. The topological polar surface area (TPSA) is 46.0 Å². The average Bonchev–Trinajstić information content (AvgIpc) is 2.96. The monoisotopic (exact) mass is 263 g/mol. The highest BCUT2D eigenvalue weighted by atomic mass is 15.3. The molecule has 2 heterocycles. The smallest absolute Gasteiger partial charge is 0.146 e. The minimum atomic E-state index is 0.674. The summed E-state index contributed by atoms with van der Waals surface area (Å²) in [4.78, 5) is 2.57. The second-order valence-corrected chi connectivity index (χ2v) is 6.15. The van der Waals surface area contributed by atoms with E-state index in [1.807, 2.05) is 6.92 Å². The fourth-order valence-electron chi connectivity index (χ4n) is 2.88. The first-order valence-corrected chi connectivity index (χ1v) is 7.53. The summed E-state index contributed by atoms with van der Waals surface area (Å²) < 4.78 is 2.11. The normalized spacial score (nSPS) is 23.4. The first-order chi connectivity index (χ1) is 9.22. The molecule has 1 unspecified atom stereocenters. The van der Waals surface area contributed by atoms with Crippen LogP contribution in [-0.2, 0) is 13.6 Å². The first-order valence-electron chi connectivity index (χ1n) is 7.53. The number of aryl methyl sites for hydroxylation is 1. The third-order valence-corrected chi connectivity index (χ3v) is 4.40. The van der Waals surface area contributed by atoms with Crippen LogP contribution in [0.2, 0.25) is 0 Å². The lowest BCUT2D eigenvalue weighted by molar-refractivity contribution is 0.224. The number of hydrogen-bond acceptors (Lipinski definition) is 4. The number of nitrogens with one attached hydrogen (secondary N) is 1. The van der Waals surface area contributed by atoms with Gasteiger partial charge in [-0.2, -0.15) is 0 Å². The Labute approximate surface area is 115 Å². The van der Waals surface area contributed by atoms with Crippen LogP contribution >= 0.6 is 0 Å². The van der Waals surface area contributed by atoms with Crippen molar-refractivity contribution in [2.24, 2.45) is 13.0 Å². The molecule has 5 heteroatoms. The fourth-order valence-corrected chi connectivity index (χ4v) is 2.88. The molecule has 19 heavy (non-hydrogen) atoms. The van der Waals surface area contributed by atoms with Crippen LogP contribution in [0.4, 0.5) is 0 Å². The molecule has 1 aromatic rings. The summed E-state index contributed by atoms with van der Waals surface area (Å²) in [5, 5.41) is 12.1. The van der Waals surface area contributed by atoms with Crippen LogP contribution in [0.25, 0.3) is 0 Å². The molecule has 1 saturated carbocycles. The molecule has 1 N–H and O–H groups in total. The Hall–Kier alpha value is -0.940. The zero-order chi connectivity index (χ0) is 13.2. The molecule has 1 aliphatic carbocycles. The van der Waals surface area contributed by atoms with Crippen LogP contribution in [0.5, 0.6) is 0 Å². The van der Waals surface area contributed by atoms with Crippen LogP contribution in [-0.4, -0.2) is 45.3 Å². The number of hydrogen-bond donors (Lipinski definition) is 1. The predicted molar refractivity (Wildman–Crippen MR) is 74.8 cm³/mol. The second kappa shape index (κ2) is 5.59. The van der Waals surface area contributed by atoms with Crippen molar-refractivity contribution in [3.8, 4) is 0 Å². The Kier molecular flexibility index (Phi) is 3.84. The van der Waals surface area contributed by atoms with E-state index in [0.717, 1.165) is 30.7 Å². The highest BCUT2D eigenvalue weighted by molar-refractivity contribution is 4.94. The summed E-state index contributed by atoms with van der Waals surface area (Å²) in [7, 11) is 2.06. The maximum absolute atomic E-state index is 4.31. The maximum atomic E-state index is 4.31. The van der Waals surface area contributed by atoms with Gasteiger partial charge in [0.05, 0.1) is 6.54 Å². The highest BCUT2D eigenvalue weighted by Crippen LogP contribution is 2.30. The van der Waals surface area contributed by atoms with E-state index in [2.05, 4.69) is 32.0 Å². The Bertz CT molecular complexity index is 417. The molecule has 1 aromatic heterocycles. The van der Waals surface area contributed by atoms with Gasteiger partial charge in [-0.05, 0) is 45.1 Å². The van der Waals surface area contributed by atoms with Crippen molar-refractivity contribution in [2.75, 3.05) is 19.6 Å². The van der Waals surface area contributed by atoms with Gasteiger partial charge in [-0.1, -0.05) is 0 Å². The minimum absolute atomic E-state index is 0.674. The predicted octanol–water partition coefficient (Wildman–Crippen LogP) is 1.09. The van der Waals surface area contributed by atoms with E-state index in [9.17, 15) is 0 Å². The van der Waals surface area contributed by atoms with Gasteiger partial charge in [0.15, 0.2) is 0 Å². The summed E-state index contributed by atoms with van der Waals surface area (Å²) in [5.74, 6) is 3.02. The van der Waals surface area contributed by atoms with Gasteiger partial charge in [0, 0.05) is 26.2 Å². The zero-order valence-corrected chi connectivity index (χ0v) is 12.1. The van der Waals surface area contributed by atoms with Gasteiger partial charge in [0.25, 0.3) is 0 Å². The Morgan fingerprint density at radius 1 is 1.26 bits per heavy atom. The lowest BCUT2D eigenvalue weighted by Gasteiger charge is -2.25. The number of nitrogens with zero attached hydrogens (tertiary/aromatic N) is 4. The third-order valence-electron chi connectivity index (χ3n) is 4.40. The molecule has 3 rings (SSSR count). The van der Waals surface area contributed by atoms with Gasteiger partial charge in [-0.3, -0.25) is 4.90 Å². The molecule has 106 valence electrons. The van der Waals surface area contributed by atoms with Crippen molar-refractivity contribution in [1.82, 2.24) is 25.0 Å². The van der Waals surface area contributed by atoms with Crippen molar-refractivity contribution < 1.29 is 0 Å². The quantitative estimate of drug-likeness (QED) is 0.834. The van der Waals surface area contributed by atoms with Crippen LogP contribution in [0, 0.1) is 12.8 Å². The van der Waals surface area contributed by atoms with Gasteiger partial charge in [0.2, 0.25) is 0 Å². The van der Waals surface area contributed by atoms with Gasteiger partial charge in [0.1, 0.15) is 11.6 Å². The zero-order valence-electron chi connectivity index (χ0n) is 12.1. The van der Waals surface area contributed by atoms with Crippen LogP contribution in [0.1, 0.15) is 37.3 Å². The maximum Gasteiger partial charge on any atom is 0.146 e. The van der Waals surface area contributed by atoms with E-state index >= 15 is 0 Å². The Balaban J connectivity index is 1.62. The lowest BCUT2D eigenvalue weighted by atomic mass is 10.2. The molecular weight excluding hydrogens is 238 g/mol. The Morgan fingerprint density at radius 2 is 2.11 bits per heavy atom. The number of rotatable bonds is 6. The van der Waals surface area contributed by atoms with E-state index in [-0.39, 0.29) is 0 Å². The fraction of sp³-hybridized carbons (Fsp3) is 0.857. The summed E-state index contributed by atoms with van der Waals surface area (Å²) >= 11 is 0. The Morgan fingerprint density at radius 3 is 2.68 bits per heavy atom. The van der Waals surface area contributed by atoms with E-state index < -0.39 is 0 Å². The van der Waals surface area contributed by atoms with E-state index in [0.29, 0.717) is 6.04 Å². The van der Waals surface area contributed by atoms with Crippen LogP contribution in [0.15, 0.2) is 0 Å². The third kappa shape index (κ3) is 3.34. The van der Waals surface area contributed by atoms with Crippen molar-refractivity contribution in [3.05, 3.63) is 11.6 Å². The van der Waals surface area contributed by atoms with Gasteiger partial charge >= 0.3 is 0 Å². The van der Waals surface area contributed by atoms with Crippen molar-refractivity contribution >= 4 is 0 Å².